The SMILES string of the molecule is CC(C)(N)CC(=O)N[C@H](COCc1ccccc1)c1nnc2ccc(Br)cn12. The number of rotatable bonds is 8. The molecule has 7 nitrogen and oxygen atoms in total. The summed E-state index contributed by atoms with van der Waals surface area (Å²) in [6, 6.07) is 13.2. The van der Waals surface area contributed by atoms with Crippen molar-refractivity contribution >= 4 is 27.5 Å². The van der Waals surface area contributed by atoms with Crippen LogP contribution >= 0.6 is 15.9 Å². The summed E-state index contributed by atoms with van der Waals surface area (Å²) in [4.78, 5) is 12.5. The van der Waals surface area contributed by atoms with E-state index in [0.29, 0.717) is 18.1 Å². The molecular formula is C20H24BrN5O2. The molecule has 1 atom stereocenters. The molecule has 0 bridgehead atoms. The van der Waals surface area contributed by atoms with Crippen LogP contribution < -0.4 is 11.1 Å². The second kappa shape index (κ2) is 8.81. The van der Waals surface area contributed by atoms with E-state index in [4.69, 9.17) is 10.5 Å². The quantitative estimate of drug-likeness (QED) is 0.555. The number of nitrogens with two attached hydrogens (primary N) is 1. The van der Waals surface area contributed by atoms with Gasteiger partial charge in [-0.15, -0.1) is 10.2 Å². The van der Waals surface area contributed by atoms with Crippen molar-refractivity contribution in [1.29, 1.82) is 0 Å². The van der Waals surface area contributed by atoms with Gasteiger partial charge in [0.25, 0.3) is 0 Å². The first kappa shape index (κ1) is 20.4. The van der Waals surface area contributed by atoms with E-state index in [-0.39, 0.29) is 18.9 Å². The Balaban J connectivity index is 1.78. The van der Waals surface area contributed by atoms with E-state index < -0.39 is 11.6 Å². The van der Waals surface area contributed by atoms with E-state index in [1.165, 1.54) is 0 Å². The Morgan fingerprint density at radius 3 is 2.71 bits per heavy atom. The third-order valence-electron chi connectivity index (χ3n) is 4.05. The highest BCUT2D eigenvalue weighted by molar-refractivity contribution is 9.10. The number of ether oxygens (including phenoxy) is 1. The fraction of sp³-hybridized carbons (Fsp3) is 0.350. The Morgan fingerprint density at radius 2 is 2.00 bits per heavy atom. The molecule has 0 unspecified atom stereocenters. The average molecular weight is 446 g/mol. The monoisotopic (exact) mass is 445 g/mol. The summed E-state index contributed by atoms with van der Waals surface area (Å²) in [5.41, 5.74) is 7.14. The Bertz CT molecular complexity index is 937. The predicted molar refractivity (Wildman–Crippen MR) is 111 cm³/mol. The minimum Gasteiger partial charge on any atom is -0.374 e. The van der Waals surface area contributed by atoms with Crippen molar-refractivity contribution in [3.8, 4) is 0 Å². The molecule has 0 radical (unpaired) electrons. The lowest BCUT2D eigenvalue weighted by atomic mass is 10.0. The minimum absolute atomic E-state index is 0.160. The molecule has 3 rings (SSSR count). The number of nitrogens with zero attached hydrogens (tertiary/aromatic N) is 3. The van der Waals surface area contributed by atoms with Crippen molar-refractivity contribution in [2.75, 3.05) is 6.61 Å². The molecule has 0 saturated heterocycles. The van der Waals surface area contributed by atoms with Crippen LogP contribution in [0.4, 0.5) is 0 Å². The third kappa shape index (κ3) is 5.60. The van der Waals surface area contributed by atoms with Crippen LogP contribution in [0.15, 0.2) is 53.1 Å². The van der Waals surface area contributed by atoms with E-state index in [2.05, 4.69) is 31.4 Å². The molecule has 3 aromatic rings. The summed E-state index contributed by atoms with van der Waals surface area (Å²) < 4.78 is 8.61. The van der Waals surface area contributed by atoms with Gasteiger partial charge in [0.1, 0.15) is 6.04 Å². The van der Waals surface area contributed by atoms with Crippen molar-refractivity contribution in [2.24, 2.45) is 5.73 Å². The van der Waals surface area contributed by atoms with E-state index >= 15 is 0 Å². The summed E-state index contributed by atoms with van der Waals surface area (Å²) in [7, 11) is 0. The molecule has 148 valence electrons. The highest BCUT2D eigenvalue weighted by Crippen LogP contribution is 2.18. The van der Waals surface area contributed by atoms with E-state index in [1.54, 1.807) is 0 Å². The normalized spacial score (nSPS) is 12.9. The number of pyridine rings is 1. The zero-order valence-electron chi connectivity index (χ0n) is 15.9. The highest BCUT2D eigenvalue weighted by atomic mass is 79.9. The van der Waals surface area contributed by atoms with Crippen LogP contribution in [0, 0.1) is 0 Å². The van der Waals surface area contributed by atoms with Gasteiger partial charge in [0, 0.05) is 22.6 Å². The summed E-state index contributed by atoms with van der Waals surface area (Å²) in [5.74, 6) is 0.445. The van der Waals surface area contributed by atoms with Gasteiger partial charge in [-0.2, -0.15) is 0 Å². The van der Waals surface area contributed by atoms with Crippen molar-refractivity contribution in [1.82, 2.24) is 19.9 Å². The van der Waals surface area contributed by atoms with Crippen LogP contribution in [0.2, 0.25) is 0 Å². The summed E-state index contributed by atoms with van der Waals surface area (Å²) >= 11 is 3.46. The molecule has 2 heterocycles. The summed E-state index contributed by atoms with van der Waals surface area (Å²) in [6.45, 7) is 4.34. The van der Waals surface area contributed by atoms with E-state index in [0.717, 1.165) is 10.0 Å². The van der Waals surface area contributed by atoms with Gasteiger partial charge in [0.2, 0.25) is 5.91 Å². The lowest BCUT2D eigenvalue weighted by molar-refractivity contribution is -0.123. The third-order valence-corrected chi connectivity index (χ3v) is 4.52. The van der Waals surface area contributed by atoms with Gasteiger partial charge in [-0.05, 0) is 47.5 Å². The van der Waals surface area contributed by atoms with E-state index in [9.17, 15) is 4.79 Å². The van der Waals surface area contributed by atoms with Gasteiger partial charge in [-0.25, -0.2) is 0 Å². The number of carbonyl (C=O) groups is 1. The van der Waals surface area contributed by atoms with Crippen molar-refractivity contribution in [3.05, 3.63) is 64.5 Å². The largest absolute Gasteiger partial charge is 0.374 e. The molecule has 0 fully saturated rings. The summed E-state index contributed by atoms with van der Waals surface area (Å²) in [5, 5.41) is 11.5. The van der Waals surface area contributed by atoms with Crippen LogP contribution in [0.5, 0.6) is 0 Å². The fourth-order valence-corrected chi connectivity index (χ4v) is 3.17. The molecule has 28 heavy (non-hydrogen) atoms. The van der Waals surface area contributed by atoms with Crippen molar-refractivity contribution in [2.45, 2.75) is 38.5 Å². The molecule has 1 aromatic carbocycles. The van der Waals surface area contributed by atoms with Crippen molar-refractivity contribution in [3.63, 3.8) is 0 Å². The molecular weight excluding hydrogens is 422 g/mol. The number of hydrogen-bond acceptors (Lipinski definition) is 5. The van der Waals surface area contributed by atoms with E-state index in [1.807, 2.05) is 66.9 Å². The number of halogens is 1. The van der Waals surface area contributed by atoms with Gasteiger partial charge in [-0.1, -0.05) is 30.3 Å². The Labute approximate surface area is 172 Å². The van der Waals surface area contributed by atoms with Gasteiger partial charge in [0.05, 0.1) is 13.2 Å². The number of carbonyl (C=O) groups excluding carboxylic acids is 1. The first-order chi connectivity index (χ1) is 13.3. The number of aromatic nitrogens is 3. The summed E-state index contributed by atoms with van der Waals surface area (Å²) in [6.07, 6.45) is 2.07. The maximum Gasteiger partial charge on any atom is 0.222 e. The number of nitrogens with one attached hydrogen (secondary N) is 1. The van der Waals surface area contributed by atoms with Crippen LogP contribution in [-0.2, 0) is 16.1 Å². The highest BCUT2D eigenvalue weighted by Gasteiger charge is 2.24. The zero-order chi connectivity index (χ0) is 20.1. The molecule has 0 saturated carbocycles. The zero-order valence-corrected chi connectivity index (χ0v) is 17.5. The second-order valence-corrected chi connectivity index (χ2v) is 8.34. The molecule has 2 aromatic heterocycles. The lowest BCUT2D eigenvalue weighted by Crippen LogP contribution is -2.41. The topological polar surface area (TPSA) is 94.5 Å². The maximum absolute atomic E-state index is 12.5. The average Bonchev–Trinajstić information content (AvgIpc) is 3.03. The smallest absolute Gasteiger partial charge is 0.222 e. The molecule has 0 spiro atoms. The van der Waals surface area contributed by atoms with Crippen molar-refractivity contribution < 1.29 is 9.53 Å². The van der Waals surface area contributed by atoms with Gasteiger partial charge in [-0.3, -0.25) is 9.20 Å². The molecule has 8 heteroatoms. The standard InChI is InChI=1S/C20H24BrN5O2/c1-20(2,22)10-18(27)23-16(13-28-12-14-6-4-3-5-7-14)19-25-24-17-9-8-15(21)11-26(17)19/h3-9,11,16H,10,12-13,22H2,1-2H3,(H,23,27)/t16-/m1/s1. The maximum atomic E-state index is 12.5. The second-order valence-electron chi connectivity index (χ2n) is 7.42. The van der Waals surface area contributed by atoms with Crippen LogP contribution in [-0.4, -0.2) is 32.7 Å². The van der Waals surface area contributed by atoms with Crippen LogP contribution in [0.1, 0.15) is 37.7 Å². The molecule has 0 aliphatic heterocycles. The lowest BCUT2D eigenvalue weighted by Gasteiger charge is -2.22. The molecule has 1 amide bonds. The number of benzene rings is 1. The van der Waals surface area contributed by atoms with Gasteiger partial charge < -0.3 is 15.8 Å². The van der Waals surface area contributed by atoms with Gasteiger partial charge >= 0.3 is 0 Å². The number of amides is 1. The first-order valence-corrected chi connectivity index (χ1v) is 9.81. The molecule has 0 aliphatic carbocycles. The Morgan fingerprint density at radius 1 is 1.25 bits per heavy atom. The van der Waals surface area contributed by atoms with Crippen LogP contribution in [0.25, 0.3) is 5.65 Å². The van der Waals surface area contributed by atoms with Crippen LogP contribution in [0.3, 0.4) is 0 Å². The molecule has 0 aliphatic rings. The molecule has 3 N–H and O–H groups in total. The number of hydrogen-bond donors (Lipinski definition) is 2. The minimum atomic E-state index is -0.602. The fourth-order valence-electron chi connectivity index (χ4n) is 2.83. The Kier molecular flexibility index (Phi) is 6.43. The predicted octanol–water partition coefficient (Wildman–Crippen LogP) is 2.99. The Hall–Kier alpha value is -2.29. The van der Waals surface area contributed by atoms with Gasteiger partial charge in [0.15, 0.2) is 11.5 Å². The first-order valence-electron chi connectivity index (χ1n) is 9.02. The number of fused-ring (bicyclic) bond motifs is 1.